The van der Waals surface area contributed by atoms with Gasteiger partial charge in [-0.05, 0) is 72.3 Å². The van der Waals surface area contributed by atoms with Crippen LogP contribution >= 0.6 is 0 Å². The first-order valence-electron chi connectivity index (χ1n) is 13.0. The molecular formula is C30H33NO3. The van der Waals surface area contributed by atoms with Crippen molar-refractivity contribution in [2.75, 3.05) is 13.2 Å². The Balaban J connectivity index is 1.21. The van der Waals surface area contributed by atoms with E-state index in [4.69, 9.17) is 9.47 Å². The molecule has 4 heteroatoms. The number of aliphatic hydroxyl groups is 1. The Labute approximate surface area is 201 Å². The Bertz CT molecular complexity index is 1250. The SMILES string of the molecule is CC12CC=C3C=C4CCC5(CC4CC[C@]3(O)C1CC=C2c1ccc2ccncc2c1)OCCO5. The molecule has 176 valence electrons. The highest BCUT2D eigenvalue weighted by molar-refractivity contribution is 5.87. The molecule has 1 aromatic heterocycles. The van der Waals surface area contributed by atoms with E-state index in [-0.39, 0.29) is 17.1 Å². The van der Waals surface area contributed by atoms with Crippen LogP contribution < -0.4 is 0 Å². The summed E-state index contributed by atoms with van der Waals surface area (Å²) in [5, 5.41) is 14.7. The largest absolute Gasteiger partial charge is 0.385 e. The van der Waals surface area contributed by atoms with Gasteiger partial charge in [-0.1, -0.05) is 42.9 Å². The highest BCUT2D eigenvalue weighted by Crippen LogP contribution is 2.61. The number of hydrogen-bond donors (Lipinski definition) is 1. The predicted octanol–water partition coefficient (Wildman–Crippen LogP) is 5.97. The molecule has 1 aromatic carbocycles. The Hall–Kier alpha value is -2.27. The van der Waals surface area contributed by atoms with Crippen LogP contribution in [0.3, 0.4) is 0 Å². The highest BCUT2D eigenvalue weighted by Gasteiger charge is 2.56. The van der Waals surface area contributed by atoms with Gasteiger partial charge in [-0.15, -0.1) is 0 Å². The smallest absolute Gasteiger partial charge is 0.169 e. The van der Waals surface area contributed by atoms with Crippen molar-refractivity contribution in [3.8, 4) is 0 Å². The summed E-state index contributed by atoms with van der Waals surface area (Å²) in [6.07, 6.45) is 17.5. The van der Waals surface area contributed by atoms with Crippen LogP contribution in [0.2, 0.25) is 0 Å². The number of nitrogens with zero attached hydrogens (tertiary/aromatic N) is 1. The molecular weight excluding hydrogens is 422 g/mol. The Morgan fingerprint density at radius 3 is 2.82 bits per heavy atom. The second-order valence-electron chi connectivity index (χ2n) is 11.3. The molecule has 2 heterocycles. The van der Waals surface area contributed by atoms with Crippen LogP contribution in [0.5, 0.6) is 0 Å². The third-order valence-corrected chi connectivity index (χ3v) is 9.62. The molecule has 4 nitrogen and oxygen atoms in total. The van der Waals surface area contributed by atoms with Gasteiger partial charge in [0.25, 0.3) is 0 Å². The first-order valence-corrected chi connectivity index (χ1v) is 13.0. The summed E-state index contributed by atoms with van der Waals surface area (Å²) < 4.78 is 12.1. The number of hydrogen-bond acceptors (Lipinski definition) is 4. The van der Waals surface area contributed by atoms with E-state index < -0.39 is 5.60 Å². The van der Waals surface area contributed by atoms with Crippen LogP contribution in [-0.4, -0.2) is 34.7 Å². The summed E-state index contributed by atoms with van der Waals surface area (Å²) >= 11 is 0. The fourth-order valence-corrected chi connectivity index (χ4v) is 7.77. The maximum atomic E-state index is 12.3. The molecule has 2 fully saturated rings. The van der Waals surface area contributed by atoms with Crippen molar-refractivity contribution in [2.24, 2.45) is 17.3 Å². The molecule has 3 unspecified atom stereocenters. The summed E-state index contributed by atoms with van der Waals surface area (Å²) in [4.78, 5) is 4.32. The van der Waals surface area contributed by atoms with Gasteiger partial charge >= 0.3 is 0 Å². The standard InChI is InChI=1S/C30H33NO3/c1-28-10-8-25-17-21-6-11-29(33-14-15-34-29)18-23(21)7-12-30(25,32)27(28)5-4-26(28)22-3-2-20-9-13-31-19-24(20)16-22/h2-4,8-9,13,16-17,19,23,27,32H,5-7,10-12,14-15,18H2,1H3/t23?,27?,28?,30-/m1/s1. The van der Waals surface area contributed by atoms with Crippen LogP contribution in [0.4, 0.5) is 0 Å². The Morgan fingerprint density at radius 2 is 1.94 bits per heavy atom. The topological polar surface area (TPSA) is 51.6 Å². The molecule has 1 aliphatic heterocycles. The zero-order valence-electron chi connectivity index (χ0n) is 19.9. The Morgan fingerprint density at radius 1 is 1.06 bits per heavy atom. The molecule has 7 rings (SSSR count). The lowest BCUT2D eigenvalue weighted by Gasteiger charge is -2.48. The summed E-state index contributed by atoms with van der Waals surface area (Å²) in [6.45, 7) is 3.79. The van der Waals surface area contributed by atoms with Gasteiger partial charge in [-0.25, -0.2) is 0 Å². The van der Waals surface area contributed by atoms with Crippen LogP contribution in [0.25, 0.3) is 16.3 Å². The van der Waals surface area contributed by atoms with Gasteiger partial charge in [0.2, 0.25) is 0 Å². The van der Waals surface area contributed by atoms with Crippen LogP contribution in [0.1, 0.15) is 57.4 Å². The summed E-state index contributed by atoms with van der Waals surface area (Å²) in [6, 6.07) is 8.78. The fourth-order valence-electron chi connectivity index (χ4n) is 7.77. The summed E-state index contributed by atoms with van der Waals surface area (Å²) in [5.41, 5.74) is 4.45. The quantitative estimate of drug-likeness (QED) is 0.576. The van der Waals surface area contributed by atoms with E-state index in [2.05, 4.69) is 54.4 Å². The van der Waals surface area contributed by atoms with E-state index in [1.165, 1.54) is 27.5 Å². The number of ether oxygens (including phenoxy) is 2. The van der Waals surface area contributed by atoms with E-state index >= 15 is 0 Å². The molecule has 1 spiro atoms. The van der Waals surface area contributed by atoms with Crippen molar-refractivity contribution in [2.45, 2.75) is 63.3 Å². The monoisotopic (exact) mass is 455 g/mol. The van der Waals surface area contributed by atoms with E-state index in [1.807, 2.05) is 12.4 Å². The van der Waals surface area contributed by atoms with Gasteiger partial charge in [0.05, 0.1) is 18.8 Å². The minimum atomic E-state index is -0.779. The third-order valence-electron chi connectivity index (χ3n) is 9.62. The van der Waals surface area contributed by atoms with E-state index in [9.17, 15) is 5.11 Å². The third kappa shape index (κ3) is 2.98. The number of benzene rings is 1. The van der Waals surface area contributed by atoms with Gasteiger partial charge in [0.15, 0.2) is 5.79 Å². The van der Waals surface area contributed by atoms with Gasteiger partial charge in [0.1, 0.15) is 0 Å². The summed E-state index contributed by atoms with van der Waals surface area (Å²) in [5.74, 6) is 0.260. The highest BCUT2D eigenvalue weighted by atomic mass is 16.7. The minimum Gasteiger partial charge on any atom is -0.385 e. The number of fused-ring (bicyclic) bond motifs is 5. The molecule has 4 aliphatic carbocycles. The molecule has 1 N–H and O–H groups in total. The van der Waals surface area contributed by atoms with Gasteiger partial charge in [0, 0.05) is 42.0 Å². The number of allylic oxidation sites excluding steroid dienone is 4. The second-order valence-corrected chi connectivity index (χ2v) is 11.3. The lowest BCUT2D eigenvalue weighted by Crippen LogP contribution is -2.48. The molecule has 5 aliphatic rings. The minimum absolute atomic E-state index is 0.0684. The Kier molecular flexibility index (Phi) is 4.56. The fraction of sp³-hybridized carbons (Fsp3) is 0.500. The second kappa shape index (κ2) is 7.36. The van der Waals surface area contributed by atoms with Crippen molar-refractivity contribution in [1.29, 1.82) is 0 Å². The summed E-state index contributed by atoms with van der Waals surface area (Å²) in [7, 11) is 0. The zero-order valence-corrected chi connectivity index (χ0v) is 19.9. The van der Waals surface area contributed by atoms with Crippen molar-refractivity contribution >= 4 is 16.3 Å². The van der Waals surface area contributed by atoms with Gasteiger partial charge < -0.3 is 14.6 Å². The molecule has 0 amide bonds. The van der Waals surface area contributed by atoms with Gasteiger partial charge in [-0.3, -0.25) is 4.98 Å². The lowest BCUT2D eigenvalue weighted by molar-refractivity contribution is -0.180. The molecule has 1 saturated carbocycles. The number of pyridine rings is 1. The van der Waals surface area contributed by atoms with Crippen LogP contribution in [0, 0.1) is 17.3 Å². The van der Waals surface area contributed by atoms with E-state index in [1.54, 1.807) is 0 Å². The van der Waals surface area contributed by atoms with Crippen molar-refractivity contribution in [3.05, 3.63) is 71.6 Å². The zero-order chi connectivity index (χ0) is 23.0. The number of rotatable bonds is 1. The maximum absolute atomic E-state index is 12.3. The normalized spacial score (nSPS) is 36.2. The van der Waals surface area contributed by atoms with Gasteiger partial charge in [-0.2, -0.15) is 0 Å². The molecule has 0 radical (unpaired) electrons. The molecule has 1 saturated heterocycles. The molecule has 0 bridgehead atoms. The number of aromatic nitrogens is 1. The van der Waals surface area contributed by atoms with Crippen LogP contribution in [0.15, 0.2) is 66.0 Å². The van der Waals surface area contributed by atoms with Crippen molar-refractivity contribution < 1.29 is 14.6 Å². The average molecular weight is 456 g/mol. The van der Waals surface area contributed by atoms with Crippen LogP contribution in [-0.2, 0) is 9.47 Å². The lowest BCUT2D eigenvalue weighted by atomic mass is 9.58. The van der Waals surface area contributed by atoms with Crippen molar-refractivity contribution in [3.63, 3.8) is 0 Å². The first kappa shape index (κ1) is 21.0. The first-order chi connectivity index (χ1) is 16.5. The van der Waals surface area contributed by atoms with E-state index in [0.29, 0.717) is 19.1 Å². The molecule has 4 atom stereocenters. The molecule has 2 aromatic rings. The average Bonchev–Trinajstić information content (AvgIpc) is 3.41. The van der Waals surface area contributed by atoms with E-state index in [0.717, 1.165) is 50.5 Å². The molecule has 34 heavy (non-hydrogen) atoms. The predicted molar refractivity (Wildman–Crippen MR) is 133 cm³/mol. The van der Waals surface area contributed by atoms with Crippen molar-refractivity contribution in [1.82, 2.24) is 4.98 Å². The maximum Gasteiger partial charge on any atom is 0.169 e.